The highest BCUT2D eigenvalue weighted by molar-refractivity contribution is 6.12. The summed E-state index contributed by atoms with van der Waals surface area (Å²) in [6.07, 6.45) is 0.452. The quantitative estimate of drug-likeness (QED) is 0.346. The number of allylic oxidation sites excluding steroid dienone is 3. The van der Waals surface area contributed by atoms with Crippen LogP contribution in [0, 0.1) is 11.8 Å². The summed E-state index contributed by atoms with van der Waals surface area (Å²) in [5.74, 6) is -2.57. The third-order valence-corrected chi connectivity index (χ3v) is 6.22. The van der Waals surface area contributed by atoms with Gasteiger partial charge in [0.05, 0.1) is 33.5 Å². The molecule has 1 aromatic carbocycles. The molecular weight excluding hydrogens is 442 g/mol. The second-order valence-corrected chi connectivity index (χ2v) is 8.28. The minimum absolute atomic E-state index is 0.0619. The van der Waals surface area contributed by atoms with Gasteiger partial charge in [0.15, 0.2) is 17.3 Å². The largest absolute Gasteiger partial charge is 0.493 e. The zero-order valence-electron chi connectivity index (χ0n) is 20.4. The summed E-state index contributed by atoms with van der Waals surface area (Å²) in [6, 6.07) is 5.22. The average Bonchev–Trinajstić information content (AvgIpc) is 2.82. The summed E-state index contributed by atoms with van der Waals surface area (Å²) < 4.78 is 26.2. The first-order valence-electron chi connectivity index (χ1n) is 11.0. The number of carbonyl (C=O) groups is 3. The minimum Gasteiger partial charge on any atom is -0.493 e. The number of ketones is 1. The lowest BCUT2D eigenvalue weighted by molar-refractivity contribution is -0.151. The minimum atomic E-state index is -0.961. The first-order valence-corrected chi connectivity index (χ1v) is 11.0. The number of hydrogen-bond acceptors (Lipinski definition) is 9. The number of rotatable bonds is 8. The van der Waals surface area contributed by atoms with Crippen LogP contribution in [-0.2, 0) is 28.6 Å². The molecule has 0 amide bonds. The van der Waals surface area contributed by atoms with Gasteiger partial charge in [0, 0.05) is 30.0 Å². The van der Waals surface area contributed by atoms with E-state index in [1.54, 1.807) is 25.1 Å². The highest BCUT2D eigenvalue weighted by Crippen LogP contribution is 2.46. The zero-order chi connectivity index (χ0) is 25.0. The number of methoxy groups -OCH3 is 4. The molecule has 1 N–H and O–H groups in total. The van der Waals surface area contributed by atoms with Crippen LogP contribution in [0.15, 0.2) is 40.7 Å². The van der Waals surface area contributed by atoms with E-state index in [1.807, 2.05) is 6.92 Å². The molecule has 1 aliphatic heterocycles. The average molecular weight is 474 g/mol. The summed E-state index contributed by atoms with van der Waals surface area (Å²) in [6.45, 7) is 3.91. The third kappa shape index (κ3) is 4.65. The van der Waals surface area contributed by atoms with Crippen LogP contribution in [0.4, 0.5) is 0 Å². The molecule has 3 rings (SSSR count). The third-order valence-electron chi connectivity index (χ3n) is 6.22. The lowest BCUT2D eigenvalue weighted by atomic mass is 9.69. The van der Waals surface area contributed by atoms with Crippen LogP contribution in [-0.4, -0.2) is 59.4 Å². The maximum absolute atomic E-state index is 13.7. The molecule has 1 heterocycles. The van der Waals surface area contributed by atoms with Crippen molar-refractivity contribution < 1.29 is 38.1 Å². The second kappa shape index (κ2) is 10.7. The highest BCUT2D eigenvalue weighted by Gasteiger charge is 2.47. The molecule has 34 heavy (non-hydrogen) atoms. The molecule has 0 aromatic heterocycles. The molecule has 9 heteroatoms. The lowest BCUT2D eigenvalue weighted by Crippen LogP contribution is -2.43. The van der Waals surface area contributed by atoms with Gasteiger partial charge < -0.3 is 29.0 Å². The van der Waals surface area contributed by atoms with Gasteiger partial charge in [-0.1, -0.05) is 13.0 Å². The van der Waals surface area contributed by atoms with Gasteiger partial charge in [-0.3, -0.25) is 9.59 Å². The molecule has 0 saturated carbocycles. The van der Waals surface area contributed by atoms with Crippen molar-refractivity contribution in [2.24, 2.45) is 11.8 Å². The summed E-state index contributed by atoms with van der Waals surface area (Å²) in [5.41, 5.74) is 2.54. The molecule has 0 spiro atoms. The van der Waals surface area contributed by atoms with E-state index in [1.165, 1.54) is 28.4 Å². The van der Waals surface area contributed by atoms with E-state index in [0.29, 0.717) is 40.5 Å². The topological polar surface area (TPSA) is 109 Å². The zero-order valence-corrected chi connectivity index (χ0v) is 20.4. The smallest absolute Gasteiger partial charge is 0.336 e. The van der Waals surface area contributed by atoms with Gasteiger partial charge in [0.25, 0.3) is 0 Å². The molecular formula is C25H31NO8. The second-order valence-electron chi connectivity index (χ2n) is 8.28. The van der Waals surface area contributed by atoms with Crippen LogP contribution in [0.1, 0.15) is 31.7 Å². The van der Waals surface area contributed by atoms with E-state index in [4.69, 9.17) is 23.7 Å². The van der Waals surface area contributed by atoms with Gasteiger partial charge >= 0.3 is 11.9 Å². The van der Waals surface area contributed by atoms with Crippen molar-refractivity contribution >= 4 is 17.7 Å². The van der Waals surface area contributed by atoms with Crippen molar-refractivity contribution in [3.63, 3.8) is 0 Å². The molecule has 1 aromatic rings. The molecule has 9 nitrogen and oxygen atoms in total. The number of hydrogen-bond donors (Lipinski definition) is 1. The normalized spacial score (nSPS) is 22.1. The Kier molecular flexibility index (Phi) is 7.98. The number of carbonyl (C=O) groups excluding carboxylic acids is 3. The SMILES string of the molecule is COCCOC(=O)C1=C(C)NC2=C(C(=O)[C@H](C(=O)OC)[C@H](C)C2)[C@H]1c1ccc(OC)c(OC)c1. The monoisotopic (exact) mass is 473 g/mol. The van der Waals surface area contributed by atoms with Gasteiger partial charge in [-0.25, -0.2) is 4.79 Å². The fourth-order valence-electron chi connectivity index (χ4n) is 4.61. The molecule has 0 radical (unpaired) electrons. The Morgan fingerprint density at radius 2 is 1.76 bits per heavy atom. The number of ether oxygens (including phenoxy) is 5. The Balaban J connectivity index is 2.17. The number of Topliss-reactive ketones (excluding diaryl/α,β-unsaturated/α-hetero) is 1. The molecule has 0 unspecified atom stereocenters. The predicted molar refractivity (Wildman–Crippen MR) is 122 cm³/mol. The number of dihydropyridines is 1. The Labute approximate surface area is 199 Å². The van der Waals surface area contributed by atoms with Crippen molar-refractivity contribution in [3.05, 3.63) is 46.3 Å². The van der Waals surface area contributed by atoms with Crippen molar-refractivity contribution in [3.8, 4) is 11.5 Å². The van der Waals surface area contributed by atoms with Crippen LogP contribution < -0.4 is 14.8 Å². The standard InChI is InChI=1S/C25H31NO8/c1-13-11-16-22(23(27)19(13)24(28)33-6)21(15-7-8-17(31-4)18(12-15)32-5)20(14(2)26-16)25(29)34-10-9-30-3/h7-8,12-13,19,21,26H,9-11H2,1-6H3/t13-,19-,21+/m1/s1. The van der Waals surface area contributed by atoms with Crippen molar-refractivity contribution in [2.75, 3.05) is 41.7 Å². The number of esters is 2. The van der Waals surface area contributed by atoms with E-state index >= 15 is 0 Å². The first-order chi connectivity index (χ1) is 16.3. The summed E-state index contributed by atoms with van der Waals surface area (Å²) >= 11 is 0. The molecule has 2 aliphatic rings. The van der Waals surface area contributed by atoms with Gasteiger partial charge in [-0.05, 0) is 37.0 Å². The van der Waals surface area contributed by atoms with Gasteiger partial charge in [0.2, 0.25) is 0 Å². The van der Waals surface area contributed by atoms with E-state index in [-0.39, 0.29) is 30.5 Å². The van der Waals surface area contributed by atoms with Crippen LogP contribution in [0.5, 0.6) is 11.5 Å². The Morgan fingerprint density at radius 3 is 2.38 bits per heavy atom. The Hall–Kier alpha value is -3.33. The van der Waals surface area contributed by atoms with E-state index in [9.17, 15) is 14.4 Å². The number of nitrogens with one attached hydrogen (secondary N) is 1. The molecule has 0 bridgehead atoms. The van der Waals surface area contributed by atoms with Crippen LogP contribution in [0.3, 0.4) is 0 Å². The lowest BCUT2D eigenvalue weighted by Gasteiger charge is -2.38. The summed E-state index contributed by atoms with van der Waals surface area (Å²) in [4.78, 5) is 39.4. The Morgan fingerprint density at radius 1 is 1.06 bits per heavy atom. The molecule has 3 atom stereocenters. The van der Waals surface area contributed by atoms with Gasteiger partial charge in [-0.15, -0.1) is 0 Å². The van der Waals surface area contributed by atoms with Gasteiger partial charge in [0.1, 0.15) is 12.5 Å². The highest BCUT2D eigenvalue weighted by atomic mass is 16.6. The molecule has 1 aliphatic carbocycles. The first kappa shape index (κ1) is 25.3. The van der Waals surface area contributed by atoms with Crippen LogP contribution in [0.25, 0.3) is 0 Å². The predicted octanol–water partition coefficient (Wildman–Crippen LogP) is 2.51. The fourth-order valence-corrected chi connectivity index (χ4v) is 4.61. The van der Waals surface area contributed by atoms with Crippen molar-refractivity contribution in [1.29, 1.82) is 0 Å². The fraction of sp³-hybridized carbons (Fsp3) is 0.480. The molecule has 184 valence electrons. The molecule has 0 saturated heterocycles. The van der Waals surface area contributed by atoms with E-state index in [0.717, 1.165) is 0 Å². The van der Waals surface area contributed by atoms with Gasteiger partial charge in [-0.2, -0.15) is 0 Å². The van der Waals surface area contributed by atoms with Crippen LogP contribution >= 0.6 is 0 Å². The number of benzene rings is 1. The molecule has 0 fully saturated rings. The van der Waals surface area contributed by atoms with Crippen molar-refractivity contribution in [2.45, 2.75) is 26.2 Å². The summed E-state index contributed by atoms with van der Waals surface area (Å²) in [7, 11) is 5.81. The van der Waals surface area contributed by atoms with E-state index in [2.05, 4.69) is 5.32 Å². The maximum atomic E-state index is 13.7. The van der Waals surface area contributed by atoms with Crippen LogP contribution in [0.2, 0.25) is 0 Å². The maximum Gasteiger partial charge on any atom is 0.336 e. The summed E-state index contributed by atoms with van der Waals surface area (Å²) in [5, 5.41) is 3.23. The van der Waals surface area contributed by atoms with Crippen molar-refractivity contribution in [1.82, 2.24) is 5.32 Å². The Bertz CT molecular complexity index is 1040. The van der Waals surface area contributed by atoms with E-state index < -0.39 is 23.8 Å².